The first-order valence-corrected chi connectivity index (χ1v) is 6.24. The van der Waals surface area contributed by atoms with Crippen molar-refractivity contribution < 1.29 is 4.79 Å². The van der Waals surface area contributed by atoms with Crippen LogP contribution in [-0.4, -0.2) is 29.1 Å². The minimum atomic E-state index is 0.0865. The Morgan fingerprint density at radius 2 is 2.41 bits per heavy atom. The molecule has 0 spiro atoms. The fourth-order valence-corrected chi connectivity index (χ4v) is 2.30. The highest BCUT2D eigenvalue weighted by atomic mass is 16.1. The maximum atomic E-state index is 11.3. The summed E-state index contributed by atoms with van der Waals surface area (Å²) in [6, 6.07) is 0. The predicted octanol–water partition coefficient (Wildman–Crippen LogP) is 0.227. The van der Waals surface area contributed by atoms with E-state index >= 15 is 0 Å². The summed E-state index contributed by atoms with van der Waals surface area (Å²) in [7, 11) is 1.68. The number of nitrogens with zero attached hydrogens (tertiary/aromatic N) is 2. The molecule has 1 aromatic rings. The zero-order valence-corrected chi connectivity index (χ0v) is 10.5. The summed E-state index contributed by atoms with van der Waals surface area (Å²) in [6.45, 7) is 4.71. The zero-order chi connectivity index (χ0) is 12.3. The monoisotopic (exact) mass is 236 g/mol. The lowest BCUT2D eigenvalue weighted by Crippen LogP contribution is -2.26. The molecule has 5 nitrogen and oxygen atoms in total. The number of nitrogens with one attached hydrogen (secondary N) is 2. The van der Waals surface area contributed by atoms with Gasteiger partial charge in [-0.15, -0.1) is 0 Å². The molecular formula is C12H20N4O. The number of amides is 1. The third-order valence-electron chi connectivity index (χ3n) is 3.22. The predicted molar refractivity (Wildman–Crippen MR) is 65.7 cm³/mol. The van der Waals surface area contributed by atoms with Crippen LogP contribution in [0.15, 0.2) is 0 Å². The van der Waals surface area contributed by atoms with Crippen molar-refractivity contribution >= 4 is 5.91 Å². The van der Waals surface area contributed by atoms with Crippen LogP contribution >= 0.6 is 0 Å². The Kier molecular flexibility index (Phi) is 3.78. The Hall–Kier alpha value is -1.36. The van der Waals surface area contributed by atoms with Crippen molar-refractivity contribution in [2.45, 2.75) is 39.3 Å². The Bertz CT molecular complexity index is 411. The van der Waals surface area contributed by atoms with Crippen LogP contribution in [0.5, 0.6) is 0 Å². The van der Waals surface area contributed by atoms with Gasteiger partial charge in [-0.3, -0.25) is 4.79 Å². The van der Waals surface area contributed by atoms with Crippen molar-refractivity contribution in [3.63, 3.8) is 0 Å². The highest BCUT2D eigenvalue weighted by Gasteiger charge is 2.18. The third-order valence-corrected chi connectivity index (χ3v) is 3.22. The van der Waals surface area contributed by atoms with E-state index in [0.717, 1.165) is 44.0 Å². The van der Waals surface area contributed by atoms with Crippen LogP contribution in [0, 0.1) is 0 Å². The number of fused-ring (bicyclic) bond motifs is 1. The number of rotatable bonds is 4. The van der Waals surface area contributed by atoms with Crippen LogP contribution in [0.1, 0.15) is 30.6 Å². The Labute approximate surface area is 102 Å². The lowest BCUT2D eigenvalue weighted by molar-refractivity contribution is -0.120. The van der Waals surface area contributed by atoms with Crippen LogP contribution in [0.3, 0.4) is 0 Å². The van der Waals surface area contributed by atoms with E-state index in [1.807, 2.05) is 0 Å². The molecule has 0 radical (unpaired) electrons. The van der Waals surface area contributed by atoms with Crippen molar-refractivity contribution in [2.24, 2.45) is 0 Å². The van der Waals surface area contributed by atoms with E-state index in [2.05, 4.69) is 27.1 Å². The van der Waals surface area contributed by atoms with Gasteiger partial charge in [-0.2, -0.15) is 0 Å². The Morgan fingerprint density at radius 1 is 1.59 bits per heavy atom. The quantitative estimate of drug-likeness (QED) is 0.786. The summed E-state index contributed by atoms with van der Waals surface area (Å²) < 4.78 is 2.23. The second-order valence-electron chi connectivity index (χ2n) is 4.28. The molecule has 1 aromatic heterocycles. The van der Waals surface area contributed by atoms with Crippen molar-refractivity contribution in [1.29, 1.82) is 0 Å². The molecule has 0 aliphatic carbocycles. The van der Waals surface area contributed by atoms with Gasteiger partial charge >= 0.3 is 0 Å². The lowest BCUT2D eigenvalue weighted by atomic mass is 10.2. The molecule has 2 rings (SSSR count). The first-order valence-electron chi connectivity index (χ1n) is 6.24. The van der Waals surface area contributed by atoms with E-state index in [0.29, 0.717) is 6.42 Å². The average molecular weight is 236 g/mol. The van der Waals surface area contributed by atoms with Gasteiger partial charge in [-0.25, -0.2) is 4.98 Å². The Morgan fingerprint density at radius 3 is 3.12 bits per heavy atom. The van der Waals surface area contributed by atoms with Crippen LogP contribution in [0.4, 0.5) is 0 Å². The van der Waals surface area contributed by atoms with Crippen LogP contribution in [-0.2, 0) is 30.7 Å². The first-order chi connectivity index (χ1) is 8.26. The zero-order valence-electron chi connectivity index (χ0n) is 10.5. The molecule has 1 aliphatic rings. The van der Waals surface area contributed by atoms with Crippen LogP contribution < -0.4 is 10.6 Å². The van der Waals surface area contributed by atoms with E-state index in [1.165, 1.54) is 5.69 Å². The molecule has 1 aliphatic heterocycles. The number of imidazole rings is 1. The molecule has 2 heterocycles. The second-order valence-corrected chi connectivity index (χ2v) is 4.28. The van der Waals surface area contributed by atoms with Gasteiger partial charge in [0.15, 0.2) is 0 Å². The van der Waals surface area contributed by atoms with Gasteiger partial charge in [0.2, 0.25) is 5.91 Å². The minimum Gasteiger partial charge on any atom is -0.359 e. The first kappa shape index (κ1) is 12.1. The largest absolute Gasteiger partial charge is 0.359 e. The van der Waals surface area contributed by atoms with E-state index in [4.69, 9.17) is 0 Å². The van der Waals surface area contributed by atoms with Gasteiger partial charge in [0.1, 0.15) is 5.82 Å². The highest BCUT2D eigenvalue weighted by molar-refractivity contribution is 5.75. The van der Waals surface area contributed by atoms with Gasteiger partial charge in [-0.05, 0) is 0 Å². The molecule has 2 N–H and O–H groups in total. The minimum absolute atomic E-state index is 0.0865. The van der Waals surface area contributed by atoms with E-state index in [9.17, 15) is 4.79 Å². The van der Waals surface area contributed by atoms with Gasteiger partial charge in [0.25, 0.3) is 0 Å². The maximum absolute atomic E-state index is 11.3. The van der Waals surface area contributed by atoms with Gasteiger partial charge in [-0.1, -0.05) is 6.92 Å². The molecule has 0 aromatic carbocycles. The fraction of sp³-hybridized carbons (Fsp3) is 0.667. The summed E-state index contributed by atoms with van der Waals surface area (Å²) in [5, 5.41) is 5.99. The summed E-state index contributed by atoms with van der Waals surface area (Å²) in [4.78, 5) is 16.0. The van der Waals surface area contributed by atoms with Crippen LogP contribution in [0.25, 0.3) is 0 Å². The van der Waals surface area contributed by atoms with Gasteiger partial charge in [0.05, 0.1) is 5.69 Å². The van der Waals surface area contributed by atoms with Crippen LogP contribution in [0.2, 0.25) is 0 Å². The SMILES string of the molecule is CCc1nc2c(n1CCC(=O)NC)CCNC2. The van der Waals surface area contributed by atoms with Crippen molar-refractivity contribution in [3.8, 4) is 0 Å². The number of carbonyl (C=O) groups is 1. The highest BCUT2D eigenvalue weighted by Crippen LogP contribution is 2.17. The normalized spacial score (nSPS) is 14.5. The van der Waals surface area contributed by atoms with Crippen molar-refractivity contribution in [2.75, 3.05) is 13.6 Å². The summed E-state index contributed by atoms with van der Waals surface area (Å²) in [6.07, 6.45) is 2.45. The molecule has 0 fully saturated rings. The molecule has 17 heavy (non-hydrogen) atoms. The molecule has 94 valence electrons. The molecule has 0 saturated carbocycles. The van der Waals surface area contributed by atoms with E-state index in [-0.39, 0.29) is 5.91 Å². The summed E-state index contributed by atoms with van der Waals surface area (Å²) in [5.74, 6) is 1.19. The van der Waals surface area contributed by atoms with E-state index < -0.39 is 0 Å². The van der Waals surface area contributed by atoms with Crippen molar-refractivity contribution in [1.82, 2.24) is 20.2 Å². The molecule has 1 amide bonds. The number of aromatic nitrogens is 2. The smallest absolute Gasteiger partial charge is 0.221 e. The van der Waals surface area contributed by atoms with Gasteiger partial charge < -0.3 is 15.2 Å². The summed E-state index contributed by atoms with van der Waals surface area (Å²) >= 11 is 0. The molecule has 0 atom stereocenters. The van der Waals surface area contributed by atoms with Gasteiger partial charge in [0, 0.05) is 51.6 Å². The number of aryl methyl sites for hydroxylation is 1. The molecule has 5 heteroatoms. The summed E-state index contributed by atoms with van der Waals surface area (Å²) in [5.41, 5.74) is 2.47. The lowest BCUT2D eigenvalue weighted by Gasteiger charge is -2.15. The molecule has 0 bridgehead atoms. The average Bonchev–Trinajstić information content (AvgIpc) is 2.73. The third kappa shape index (κ3) is 2.49. The maximum Gasteiger partial charge on any atom is 0.221 e. The molecule has 0 unspecified atom stereocenters. The van der Waals surface area contributed by atoms with Crippen molar-refractivity contribution in [3.05, 3.63) is 17.2 Å². The second kappa shape index (κ2) is 5.31. The fourth-order valence-electron chi connectivity index (χ4n) is 2.30. The molecular weight excluding hydrogens is 216 g/mol. The van der Waals surface area contributed by atoms with E-state index in [1.54, 1.807) is 7.05 Å². The molecule has 0 saturated heterocycles. The number of hydrogen-bond donors (Lipinski definition) is 2. The Balaban J connectivity index is 2.18. The number of hydrogen-bond acceptors (Lipinski definition) is 3. The topological polar surface area (TPSA) is 59.0 Å². The number of carbonyl (C=O) groups excluding carboxylic acids is 1. The standard InChI is InChI=1S/C12H20N4O/c1-3-11-15-9-8-14-6-4-10(9)16(11)7-5-12(17)13-2/h14H,3-8H2,1-2H3,(H,13,17).